The molecular formula is C26H25N5O4. The molecular weight excluding hydrogens is 446 g/mol. The van der Waals surface area contributed by atoms with E-state index in [-0.39, 0.29) is 5.56 Å². The summed E-state index contributed by atoms with van der Waals surface area (Å²) in [5.41, 5.74) is 2.57. The average molecular weight is 472 g/mol. The van der Waals surface area contributed by atoms with Gasteiger partial charge in [-0.3, -0.25) is 9.69 Å². The summed E-state index contributed by atoms with van der Waals surface area (Å²) in [5.74, 6) is -1.31. The van der Waals surface area contributed by atoms with Gasteiger partial charge in [0.15, 0.2) is 0 Å². The van der Waals surface area contributed by atoms with Crippen molar-refractivity contribution < 1.29 is 19.8 Å². The van der Waals surface area contributed by atoms with Crippen molar-refractivity contribution >= 4 is 28.8 Å². The van der Waals surface area contributed by atoms with Gasteiger partial charge in [0.05, 0.1) is 5.56 Å². The molecule has 3 heterocycles. The van der Waals surface area contributed by atoms with E-state index in [1.54, 1.807) is 30.6 Å². The first-order valence-electron chi connectivity index (χ1n) is 11.4. The van der Waals surface area contributed by atoms with Crippen molar-refractivity contribution in [1.29, 1.82) is 0 Å². The van der Waals surface area contributed by atoms with Gasteiger partial charge in [0.25, 0.3) is 0 Å². The minimum absolute atomic E-state index is 0.166. The lowest BCUT2D eigenvalue weighted by Gasteiger charge is -2.37. The van der Waals surface area contributed by atoms with Crippen LogP contribution in [0.2, 0.25) is 0 Å². The second-order valence-electron chi connectivity index (χ2n) is 8.55. The molecule has 178 valence electrons. The molecule has 0 unspecified atom stereocenters. The number of hydrogen-bond acceptors (Lipinski definition) is 6. The summed E-state index contributed by atoms with van der Waals surface area (Å²) >= 11 is 0. The summed E-state index contributed by atoms with van der Waals surface area (Å²) < 4.78 is 1.94. The Kier molecular flexibility index (Phi) is 6.15. The maximum Gasteiger partial charge on any atom is 0.335 e. The fraction of sp³-hybridized carbons (Fsp3) is 0.231. The van der Waals surface area contributed by atoms with Crippen molar-refractivity contribution in [2.75, 3.05) is 31.1 Å². The second-order valence-corrected chi connectivity index (χ2v) is 8.55. The van der Waals surface area contributed by atoms with Gasteiger partial charge in [0.1, 0.15) is 6.04 Å². The van der Waals surface area contributed by atoms with Crippen molar-refractivity contribution in [2.24, 2.45) is 0 Å². The molecule has 35 heavy (non-hydrogen) atoms. The number of piperazine rings is 1. The molecule has 1 atom stereocenters. The summed E-state index contributed by atoms with van der Waals surface area (Å²) in [7, 11) is 0. The van der Waals surface area contributed by atoms with E-state index in [0.29, 0.717) is 49.8 Å². The highest BCUT2D eigenvalue weighted by atomic mass is 16.4. The molecule has 4 aromatic rings. The largest absolute Gasteiger partial charge is 0.480 e. The van der Waals surface area contributed by atoms with Gasteiger partial charge in [-0.25, -0.2) is 14.8 Å². The molecule has 1 aliphatic rings. The monoisotopic (exact) mass is 471 g/mol. The van der Waals surface area contributed by atoms with E-state index in [1.165, 1.54) is 6.07 Å². The van der Waals surface area contributed by atoms with E-state index in [0.717, 1.165) is 10.9 Å². The number of fused-ring (bicyclic) bond motifs is 1. The maximum absolute atomic E-state index is 12.6. The third-order valence-electron chi connectivity index (χ3n) is 6.40. The Bertz CT molecular complexity index is 1350. The van der Waals surface area contributed by atoms with Gasteiger partial charge in [0, 0.05) is 67.8 Å². The van der Waals surface area contributed by atoms with Gasteiger partial charge in [-0.05, 0) is 23.8 Å². The van der Waals surface area contributed by atoms with E-state index in [1.807, 2.05) is 50.9 Å². The number of rotatable bonds is 7. The maximum atomic E-state index is 12.6. The third kappa shape index (κ3) is 4.58. The lowest BCUT2D eigenvalue weighted by molar-refractivity contribution is -0.143. The number of nitrogens with zero attached hydrogens (tertiary/aromatic N) is 5. The van der Waals surface area contributed by atoms with Crippen LogP contribution in [-0.2, 0) is 11.3 Å². The van der Waals surface area contributed by atoms with Gasteiger partial charge < -0.3 is 19.7 Å². The summed E-state index contributed by atoms with van der Waals surface area (Å²) in [6.45, 7) is 2.80. The molecule has 5 rings (SSSR count). The van der Waals surface area contributed by atoms with Crippen molar-refractivity contribution in [3.8, 4) is 0 Å². The van der Waals surface area contributed by atoms with Crippen LogP contribution in [0.3, 0.4) is 0 Å². The zero-order valence-electron chi connectivity index (χ0n) is 19.0. The summed E-state index contributed by atoms with van der Waals surface area (Å²) in [5, 5.41) is 20.5. The molecule has 9 nitrogen and oxygen atoms in total. The number of anilines is 1. The summed E-state index contributed by atoms with van der Waals surface area (Å²) in [6, 6.07) is 15.6. The highest BCUT2D eigenvalue weighted by Crippen LogP contribution is 2.33. The van der Waals surface area contributed by atoms with Crippen LogP contribution >= 0.6 is 0 Å². The molecule has 2 N–H and O–H groups in total. The van der Waals surface area contributed by atoms with Crippen LogP contribution in [0.1, 0.15) is 27.5 Å². The topological polar surface area (TPSA) is 112 Å². The zero-order valence-corrected chi connectivity index (χ0v) is 19.0. The lowest BCUT2D eigenvalue weighted by atomic mass is 10.0. The molecule has 0 amide bonds. The van der Waals surface area contributed by atoms with Gasteiger partial charge in [-0.1, -0.05) is 36.4 Å². The third-order valence-corrected chi connectivity index (χ3v) is 6.40. The first-order chi connectivity index (χ1) is 17.0. The molecule has 1 fully saturated rings. The number of carbonyl (C=O) groups is 2. The van der Waals surface area contributed by atoms with E-state index >= 15 is 0 Å². The SMILES string of the molecule is O=C(O)c1ccc2c([C@@H](C(=O)O)N3CCN(c4ncccn4)CC3)cn(Cc3ccccc3)c2c1. The Morgan fingerprint density at radius 3 is 2.29 bits per heavy atom. The Morgan fingerprint density at radius 2 is 1.63 bits per heavy atom. The van der Waals surface area contributed by atoms with Gasteiger partial charge >= 0.3 is 11.9 Å². The Labute approximate surface area is 201 Å². The van der Waals surface area contributed by atoms with E-state index in [4.69, 9.17) is 0 Å². The van der Waals surface area contributed by atoms with Crippen LogP contribution in [0.15, 0.2) is 73.2 Å². The van der Waals surface area contributed by atoms with E-state index < -0.39 is 18.0 Å². The Morgan fingerprint density at radius 1 is 0.914 bits per heavy atom. The lowest BCUT2D eigenvalue weighted by Crippen LogP contribution is -2.49. The molecule has 1 aliphatic heterocycles. The smallest absolute Gasteiger partial charge is 0.335 e. The van der Waals surface area contributed by atoms with Crippen LogP contribution in [0.25, 0.3) is 10.9 Å². The second kappa shape index (κ2) is 9.55. The van der Waals surface area contributed by atoms with E-state index in [2.05, 4.69) is 9.97 Å². The number of aromatic nitrogens is 3. The van der Waals surface area contributed by atoms with Gasteiger partial charge in [0.2, 0.25) is 5.95 Å². The molecule has 9 heteroatoms. The highest BCUT2D eigenvalue weighted by molar-refractivity contribution is 5.96. The number of aromatic carboxylic acids is 1. The Hall–Kier alpha value is -4.24. The first kappa shape index (κ1) is 22.5. The molecule has 0 saturated carbocycles. The number of benzene rings is 2. The van der Waals surface area contributed by atoms with Crippen molar-refractivity contribution in [3.63, 3.8) is 0 Å². The standard InChI is InChI=1S/C26H25N5O4/c32-24(33)19-7-8-20-21(17-31(22(20)15-19)16-18-5-2-1-3-6-18)23(25(34)35)29-11-13-30(14-12-29)26-27-9-4-10-28-26/h1-10,15,17,23H,11-14,16H2,(H,32,33)(H,34,35)/t23-/m0/s1. The normalized spacial score (nSPS) is 15.3. The van der Waals surface area contributed by atoms with Gasteiger partial charge in [-0.15, -0.1) is 0 Å². The van der Waals surface area contributed by atoms with Crippen LogP contribution in [0.5, 0.6) is 0 Å². The minimum Gasteiger partial charge on any atom is -0.480 e. The Balaban J connectivity index is 1.50. The van der Waals surface area contributed by atoms with Crippen molar-refractivity contribution in [3.05, 3.63) is 89.9 Å². The van der Waals surface area contributed by atoms with Crippen molar-refractivity contribution in [2.45, 2.75) is 12.6 Å². The molecule has 1 saturated heterocycles. The number of hydrogen-bond donors (Lipinski definition) is 2. The number of carboxylic acid groups (broad SMARTS) is 2. The first-order valence-corrected chi connectivity index (χ1v) is 11.4. The molecule has 2 aromatic carbocycles. The molecule has 0 bridgehead atoms. The van der Waals surface area contributed by atoms with Crippen LogP contribution in [0, 0.1) is 0 Å². The molecule has 0 radical (unpaired) electrons. The average Bonchev–Trinajstić information content (AvgIpc) is 3.22. The fourth-order valence-corrected chi connectivity index (χ4v) is 4.70. The van der Waals surface area contributed by atoms with Gasteiger partial charge in [-0.2, -0.15) is 0 Å². The number of aliphatic carboxylic acids is 1. The van der Waals surface area contributed by atoms with E-state index in [9.17, 15) is 19.8 Å². The zero-order chi connectivity index (χ0) is 24.4. The molecule has 0 aliphatic carbocycles. The van der Waals surface area contributed by atoms with Crippen molar-refractivity contribution in [1.82, 2.24) is 19.4 Å². The molecule has 2 aromatic heterocycles. The summed E-state index contributed by atoms with van der Waals surface area (Å²) in [6.07, 6.45) is 5.25. The molecule has 0 spiro atoms. The predicted molar refractivity (Wildman–Crippen MR) is 131 cm³/mol. The fourth-order valence-electron chi connectivity index (χ4n) is 4.70. The minimum atomic E-state index is -1.02. The van der Waals surface area contributed by atoms with Crippen LogP contribution in [0.4, 0.5) is 5.95 Å². The number of carboxylic acids is 2. The predicted octanol–water partition coefficient (Wildman–Crippen LogP) is 3.13. The quantitative estimate of drug-likeness (QED) is 0.423. The highest BCUT2D eigenvalue weighted by Gasteiger charge is 2.33. The van der Waals surface area contributed by atoms with Crippen LogP contribution in [-0.4, -0.2) is 67.8 Å². The van der Waals surface area contributed by atoms with Crippen LogP contribution < -0.4 is 4.90 Å². The summed E-state index contributed by atoms with van der Waals surface area (Å²) in [4.78, 5) is 36.8.